The van der Waals surface area contributed by atoms with Crippen molar-refractivity contribution in [3.63, 3.8) is 0 Å². The van der Waals surface area contributed by atoms with E-state index in [1.807, 2.05) is 69.9 Å². The number of fused-ring (bicyclic) bond motifs is 2. The van der Waals surface area contributed by atoms with Gasteiger partial charge in [-0.3, -0.25) is 14.9 Å². The molecule has 2 aliphatic heterocycles. The fraction of sp³-hybridized carbons (Fsp3) is 0.476. The van der Waals surface area contributed by atoms with Crippen LogP contribution in [0.2, 0.25) is 0 Å². The number of hydrogen-bond donors (Lipinski definition) is 5. The Hall–Kier alpha value is -5.68. The molecular formula is C42H50N8O6. The van der Waals surface area contributed by atoms with Crippen molar-refractivity contribution < 1.29 is 28.7 Å². The van der Waals surface area contributed by atoms with Gasteiger partial charge in [0.1, 0.15) is 28.9 Å². The third-order valence-electron chi connectivity index (χ3n) is 11.4. The zero-order chi connectivity index (χ0) is 39.9. The second-order valence-electron chi connectivity index (χ2n) is 16.0. The Morgan fingerprint density at radius 2 is 1.57 bits per heavy atom. The first-order valence-electron chi connectivity index (χ1n) is 19.3. The zero-order valence-electron chi connectivity index (χ0n) is 32.9. The molecule has 0 unspecified atom stereocenters. The smallest absolute Gasteiger partial charge is 0.407 e. The van der Waals surface area contributed by atoms with Crippen LogP contribution in [0.1, 0.15) is 89.3 Å². The number of H-pyrrole nitrogens is 2. The summed E-state index contributed by atoms with van der Waals surface area (Å²) in [6, 6.07) is 10.7. The number of piperidine rings is 1. The zero-order valence-corrected chi connectivity index (χ0v) is 32.9. The number of benzene rings is 2. The highest BCUT2D eigenvalue weighted by Gasteiger charge is 2.56. The molecule has 1 saturated carbocycles. The lowest BCUT2D eigenvalue weighted by atomic mass is 9.83. The quantitative estimate of drug-likeness (QED) is 0.134. The first-order valence-corrected chi connectivity index (χ1v) is 19.3. The number of ether oxygens (including phenoxy) is 2. The van der Waals surface area contributed by atoms with Gasteiger partial charge in [-0.15, -0.1) is 0 Å². The van der Waals surface area contributed by atoms with E-state index in [9.17, 15) is 19.2 Å². The van der Waals surface area contributed by atoms with E-state index in [-0.39, 0.29) is 41.7 Å². The summed E-state index contributed by atoms with van der Waals surface area (Å²) in [5.41, 5.74) is 2.09. The molecule has 294 valence electrons. The van der Waals surface area contributed by atoms with E-state index in [4.69, 9.17) is 14.5 Å². The molecule has 0 bridgehead atoms. The summed E-state index contributed by atoms with van der Waals surface area (Å²) in [7, 11) is 2.57. The maximum Gasteiger partial charge on any atom is 0.407 e. The summed E-state index contributed by atoms with van der Waals surface area (Å²) < 4.78 is 9.59. The van der Waals surface area contributed by atoms with E-state index in [0.29, 0.717) is 29.7 Å². The molecule has 2 aromatic carbocycles. The van der Waals surface area contributed by atoms with Crippen molar-refractivity contribution in [1.82, 2.24) is 40.8 Å². The van der Waals surface area contributed by atoms with E-state index < -0.39 is 29.8 Å². The number of carbonyl (C=O) groups excluding carboxylic acids is 4. The van der Waals surface area contributed by atoms with Crippen LogP contribution in [0.15, 0.2) is 48.8 Å². The molecule has 0 radical (unpaired) electrons. The molecule has 7 rings (SSSR count). The number of alkyl carbamates (subject to hydrolysis) is 2. The topological polar surface area (TPSA) is 183 Å². The third-order valence-corrected chi connectivity index (χ3v) is 11.4. The van der Waals surface area contributed by atoms with Gasteiger partial charge in [0, 0.05) is 23.2 Å². The largest absolute Gasteiger partial charge is 0.453 e. The van der Waals surface area contributed by atoms with Gasteiger partial charge in [-0.25, -0.2) is 19.6 Å². The van der Waals surface area contributed by atoms with Gasteiger partial charge in [-0.2, -0.15) is 0 Å². The molecule has 2 aromatic heterocycles. The second kappa shape index (κ2) is 15.5. The summed E-state index contributed by atoms with van der Waals surface area (Å²) in [6.07, 6.45) is 5.27. The monoisotopic (exact) mass is 762 g/mol. The first-order chi connectivity index (χ1) is 26.8. The summed E-state index contributed by atoms with van der Waals surface area (Å²) in [5, 5.41) is 11.0. The Kier molecular flexibility index (Phi) is 10.6. The Labute approximate surface area is 326 Å². The van der Waals surface area contributed by atoms with Crippen molar-refractivity contribution in [2.45, 2.75) is 96.1 Å². The summed E-state index contributed by atoms with van der Waals surface area (Å²) >= 11 is 0. The number of likely N-dealkylation sites (tertiary alicyclic amines) is 1. The van der Waals surface area contributed by atoms with Crippen LogP contribution in [0.25, 0.3) is 22.0 Å². The van der Waals surface area contributed by atoms with E-state index in [1.165, 1.54) is 14.2 Å². The maximum absolute atomic E-state index is 14.2. The van der Waals surface area contributed by atoms with Crippen LogP contribution < -0.4 is 16.0 Å². The first kappa shape index (κ1) is 38.6. The van der Waals surface area contributed by atoms with Crippen molar-refractivity contribution in [3.8, 4) is 23.1 Å². The van der Waals surface area contributed by atoms with Gasteiger partial charge in [0.2, 0.25) is 5.91 Å². The molecule has 3 amide bonds. The number of ketones is 1. The Bertz CT molecular complexity index is 2220. The molecule has 2 saturated heterocycles. The molecule has 0 spiro atoms. The lowest BCUT2D eigenvalue weighted by molar-refractivity contribution is -0.136. The summed E-state index contributed by atoms with van der Waals surface area (Å²) in [6.45, 7) is 9.64. The summed E-state index contributed by atoms with van der Waals surface area (Å²) in [5.74, 6) is 7.53. The molecule has 5 N–H and O–H groups in total. The molecule has 1 aliphatic carbocycles. The van der Waals surface area contributed by atoms with Crippen LogP contribution >= 0.6 is 0 Å². The van der Waals surface area contributed by atoms with Gasteiger partial charge < -0.3 is 35.0 Å². The van der Waals surface area contributed by atoms with Crippen molar-refractivity contribution in [2.75, 3.05) is 14.2 Å². The number of nitrogens with one attached hydrogen (secondary N) is 5. The Morgan fingerprint density at radius 1 is 0.875 bits per heavy atom. The predicted octanol–water partition coefficient (Wildman–Crippen LogP) is 5.31. The number of carbonyl (C=O) groups is 4. The fourth-order valence-electron chi connectivity index (χ4n) is 8.24. The lowest BCUT2D eigenvalue weighted by Gasteiger charge is -2.32. The number of aromatic nitrogens is 4. The molecule has 3 fully saturated rings. The molecule has 56 heavy (non-hydrogen) atoms. The van der Waals surface area contributed by atoms with Crippen LogP contribution in [0.4, 0.5) is 9.59 Å². The van der Waals surface area contributed by atoms with Gasteiger partial charge in [-0.1, -0.05) is 51.8 Å². The van der Waals surface area contributed by atoms with Gasteiger partial charge in [0.05, 0.1) is 44.4 Å². The predicted molar refractivity (Wildman–Crippen MR) is 209 cm³/mol. The number of rotatable bonds is 10. The third kappa shape index (κ3) is 7.47. The van der Waals surface area contributed by atoms with Crippen LogP contribution in [0, 0.1) is 29.6 Å². The van der Waals surface area contributed by atoms with Crippen molar-refractivity contribution in [2.24, 2.45) is 17.8 Å². The number of Topliss-reactive ketones (excluding diaryl/α,β-unsaturated/α-hetero) is 1. The number of amides is 3. The number of imidazole rings is 2. The van der Waals surface area contributed by atoms with Crippen LogP contribution in [0.5, 0.6) is 0 Å². The normalized spacial score (nSPS) is 23.6. The van der Waals surface area contributed by atoms with E-state index in [2.05, 4.69) is 48.8 Å². The number of aromatic amines is 2. The number of methoxy groups -OCH3 is 2. The average molecular weight is 763 g/mol. The van der Waals surface area contributed by atoms with Gasteiger partial charge in [-0.05, 0) is 85.3 Å². The SMILES string of the molecule is COC(=O)N[C@H](C(=O)N1[C@@H]2C[C@@H]2C[C@H]1c1ncc(C#Cc2ccc3cc(-c4cnc([C@]5(C(=O)[C@@H](NC(=O)OC)C(C)C)CC[C@H](C)N5)[nH]4)ccc3c2)[nH]1)C(C)C. The highest BCUT2D eigenvalue weighted by molar-refractivity contribution is 5.96. The Balaban J connectivity index is 1.07. The Morgan fingerprint density at radius 3 is 2.25 bits per heavy atom. The number of nitrogens with zero attached hydrogens (tertiary/aromatic N) is 3. The van der Waals surface area contributed by atoms with Gasteiger partial charge >= 0.3 is 12.2 Å². The molecule has 14 nitrogen and oxygen atoms in total. The van der Waals surface area contributed by atoms with E-state index in [1.54, 1.807) is 12.4 Å². The molecule has 4 aromatic rings. The fourth-order valence-corrected chi connectivity index (χ4v) is 8.24. The molecule has 3 aliphatic rings. The molecular weight excluding hydrogens is 713 g/mol. The van der Waals surface area contributed by atoms with Gasteiger partial charge in [0.15, 0.2) is 5.78 Å². The van der Waals surface area contributed by atoms with Crippen molar-refractivity contribution >= 4 is 34.6 Å². The maximum atomic E-state index is 14.2. The van der Waals surface area contributed by atoms with E-state index in [0.717, 1.165) is 46.9 Å². The standard InChI is InChI=1S/C42H50N8O6/c1-22(2)34(47-40(53)55-6)36(51)42(15-14-24(5)49-42)39-44-21-31(46-39)28-12-11-26-16-25(8-10-27(26)17-28)9-13-30-20-43-37(45-30)33-19-29-18-32(29)50(33)38(52)35(23(3)4)48-41(54)56-7/h8,10-12,16-17,20-24,29,32-35,49H,14-15,18-19H2,1-7H3,(H,43,45)(H,44,46)(H,47,53)(H,48,54)/t24-,29+,32+,33-,34-,35-,42+/m0/s1. The minimum absolute atomic E-state index is 0.0893. The number of hydrogen-bond acceptors (Lipinski definition) is 9. The van der Waals surface area contributed by atoms with E-state index >= 15 is 0 Å². The molecule has 4 heterocycles. The minimum atomic E-state index is -1.08. The van der Waals surface area contributed by atoms with Crippen molar-refractivity contribution in [3.05, 3.63) is 71.7 Å². The highest BCUT2D eigenvalue weighted by atomic mass is 16.5. The lowest BCUT2D eigenvalue weighted by Crippen LogP contribution is -2.57. The minimum Gasteiger partial charge on any atom is -0.453 e. The average Bonchev–Trinajstić information content (AvgIpc) is 3.67. The molecule has 14 heteroatoms. The molecule has 7 atom stereocenters. The summed E-state index contributed by atoms with van der Waals surface area (Å²) in [4.78, 5) is 70.0. The van der Waals surface area contributed by atoms with Crippen LogP contribution in [0.3, 0.4) is 0 Å². The van der Waals surface area contributed by atoms with Crippen LogP contribution in [-0.4, -0.2) is 87.1 Å². The van der Waals surface area contributed by atoms with Crippen LogP contribution in [-0.2, 0) is 24.6 Å². The second-order valence-corrected chi connectivity index (χ2v) is 16.0. The van der Waals surface area contributed by atoms with Gasteiger partial charge in [0.25, 0.3) is 0 Å². The van der Waals surface area contributed by atoms with Crippen molar-refractivity contribution in [1.29, 1.82) is 0 Å². The highest BCUT2D eigenvalue weighted by Crippen LogP contribution is 2.53.